The molecule has 24 heavy (non-hydrogen) atoms. The van der Waals surface area contributed by atoms with Gasteiger partial charge >= 0.3 is 0 Å². The largest absolute Gasteiger partial charge is 0.497 e. The third-order valence-electron chi connectivity index (χ3n) is 5.50. The summed E-state index contributed by atoms with van der Waals surface area (Å²) < 4.78 is 5.32. The zero-order valence-electron chi connectivity index (χ0n) is 14.1. The molecule has 1 saturated carbocycles. The van der Waals surface area contributed by atoms with Crippen molar-refractivity contribution in [1.29, 1.82) is 0 Å². The number of hydrogen-bond acceptors (Lipinski definition) is 4. The molecule has 3 aliphatic rings. The van der Waals surface area contributed by atoms with Crippen LogP contribution in [-0.4, -0.2) is 35.5 Å². The van der Waals surface area contributed by atoms with Crippen molar-refractivity contribution < 1.29 is 9.53 Å². The van der Waals surface area contributed by atoms with Crippen molar-refractivity contribution >= 4 is 5.91 Å². The molecular formula is C19H25N3O2. The summed E-state index contributed by atoms with van der Waals surface area (Å²) in [4.78, 5) is 14.8. The van der Waals surface area contributed by atoms with Crippen LogP contribution >= 0.6 is 0 Å². The molecule has 2 fully saturated rings. The maximum Gasteiger partial charge on any atom is 0.250 e. The summed E-state index contributed by atoms with van der Waals surface area (Å²) >= 11 is 0. The third kappa shape index (κ3) is 2.88. The number of benzene rings is 1. The average Bonchev–Trinajstić information content (AvgIpc) is 3.27. The zero-order chi connectivity index (χ0) is 16.5. The van der Waals surface area contributed by atoms with Crippen LogP contribution in [0.5, 0.6) is 5.75 Å². The second-order valence-corrected chi connectivity index (χ2v) is 7.06. The van der Waals surface area contributed by atoms with E-state index >= 15 is 0 Å². The quantitative estimate of drug-likeness (QED) is 0.924. The number of amides is 1. The van der Waals surface area contributed by atoms with E-state index in [9.17, 15) is 4.79 Å². The van der Waals surface area contributed by atoms with Gasteiger partial charge in [-0.1, -0.05) is 25.0 Å². The van der Waals surface area contributed by atoms with Crippen LogP contribution in [0, 0.1) is 5.92 Å². The lowest BCUT2D eigenvalue weighted by atomic mass is 10.00. The predicted molar refractivity (Wildman–Crippen MR) is 91.9 cm³/mol. The fourth-order valence-corrected chi connectivity index (χ4v) is 4.13. The number of nitrogens with zero attached hydrogens (tertiary/aromatic N) is 2. The van der Waals surface area contributed by atoms with Crippen molar-refractivity contribution in [3.05, 3.63) is 42.2 Å². The van der Waals surface area contributed by atoms with E-state index in [1.165, 1.54) is 25.7 Å². The Balaban J connectivity index is 1.45. The molecule has 1 N–H and O–H groups in total. The van der Waals surface area contributed by atoms with Gasteiger partial charge in [0.2, 0.25) is 0 Å². The molecule has 0 bridgehead atoms. The van der Waals surface area contributed by atoms with Crippen molar-refractivity contribution in [2.75, 3.05) is 13.7 Å². The van der Waals surface area contributed by atoms with E-state index in [-0.39, 0.29) is 18.0 Å². The third-order valence-corrected chi connectivity index (χ3v) is 5.50. The van der Waals surface area contributed by atoms with E-state index in [0.29, 0.717) is 5.92 Å². The molecule has 0 spiro atoms. The number of hydrogen-bond donors (Lipinski definition) is 1. The smallest absolute Gasteiger partial charge is 0.250 e. The van der Waals surface area contributed by atoms with Gasteiger partial charge in [0.25, 0.3) is 5.91 Å². The van der Waals surface area contributed by atoms with Gasteiger partial charge in [0, 0.05) is 18.9 Å². The number of methoxy groups -OCH3 is 1. The molecule has 1 saturated heterocycles. The standard InChI is InChI=1S/C19H25N3O2/c1-24-16-8-4-7-15(11-16)17-12-18-19(23)21(9-10-22(18)20-17)13-14-5-2-3-6-14/h4,7-11,14,17-18,20H,2-3,5-6,12-13H2,1H3. The lowest BCUT2D eigenvalue weighted by Crippen LogP contribution is -2.48. The van der Waals surface area contributed by atoms with E-state index < -0.39 is 0 Å². The van der Waals surface area contributed by atoms with Crippen LogP contribution in [0.4, 0.5) is 0 Å². The Morgan fingerprint density at radius 2 is 2.08 bits per heavy atom. The highest BCUT2D eigenvalue weighted by Crippen LogP contribution is 2.33. The molecule has 1 aliphatic carbocycles. The first-order valence-corrected chi connectivity index (χ1v) is 8.92. The Morgan fingerprint density at radius 1 is 1.25 bits per heavy atom. The van der Waals surface area contributed by atoms with Crippen LogP contribution in [-0.2, 0) is 4.79 Å². The molecule has 0 radical (unpaired) electrons. The van der Waals surface area contributed by atoms with Gasteiger partial charge in [0.1, 0.15) is 11.8 Å². The molecule has 1 aromatic carbocycles. The first-order valence-electron chi connectivity index (χ1n) is 8.92. The normalized spacial score (nSPS) is 27.0. The molecule has 5 nitrogen and oxygen atoms in total. The summed E-state index contributed by atoms with van der Waals surface area (Å²) in [6.45, 7) is 0.878. The van der Waals surface area contributed by atoms with Gasteiger partial charge in [0.05, 0.1) is 13.2 Å². The van der Waals surface area contributed by atoms with Crippen LogP contribution < -0.4 is 10.2 Å². The molecule has 2 heterocycles. The number of hydrazine groups is 1. The molecule has 5 heteroatoms. The van der Waals surface area contributed by atoms with Gasteiger partial charge in [-0.15, -0.1) is 0 Å². The molecule has 1 aromatic rings. The molecular weight excluding hydrogens is 302 g/mol. The molecule has 128 valence electrons. The van der Waals surface area contributed by atoms with E-state index in [1.807, 2.05) is 40.5 Å². The van der Waals surface area contributed by atoms with Gasteiger partial charge in [0.15, 0.2) is 0 Å². The van der Waals surface area contributed by atoms with Gasteiger partial charge in [-0.25, -0.2) is 5.43 Å². The van der Waals surface area contributed by atoms with Crippen molar-refractivity contribution in [3.8, 4) is 5.75 Å². The maximum atomic E-state index is 12.9. The number of carbonyl (C=O) groups excluding carboxylic acids is 1. The number of ether oxygens (including phenoxy) is 1. The molecule has 2 atom stereocenters. The summed E-state index contributed by atoms with van der Waals surface area (Å²) in [5.41, 5.74) is 4.61. The zero-order valence-corrected chi connectivity index (χ0v) is 14.1. The van der Waals surface area contributed by atoms with Crippen LogP contribution in [0.25, 0.3) is 0 Å². The van der Waals surface area contributed by atoms with Crippen molar-refractivity contribution in [3.63, 3.8) is 0 Å². The van der Waals surface area contributed by atoms with E-state index in [4.69, 9.17) is 4.74 Å². The number of nitrogens with one attached hydrogen (secondary N) is 1. The monoisotopic (exact) mass is 327 g/mol. The Kier molecular flexibility index (Phi) is 4.19. The van der Waals surface area contributed by atoms with Crippen molar-refractivity contribution in [2.24, 2.45) is 5.92 Å². The highest BCUT2D eigenvalue weighted by molar-refractivity contribution is 5.84. The maximum absolute atomic E-state index is 12.9. The summed E-state index contributed by atoms with van der Waals surface area (Å²) in [5, 5.41) is 1.97. The second-order valence-electron chi connectivity index (χ2n) is 7.06. The molecule has 0 aromatic heterocycles. The number of fused-ring (bicyclic) bond motifs is 1. The lowest BCUT2D eigenvalue weighted by Gasteiger charge is -2.33. The SMILES string of the molecule is COc1cccc(C2CC3C(=O)N(CC4CCCC4)C=CN3N2)c1. The molecule has 2 unspecified atom stereocenters. The summed E-state index contributed by atoms with van der Waals surface area (Å²) in [6, 6.07) is 8.11. The Morgan fingerprint density at radius 3 is 2.88 bits per heavy atom. The number of carbonyl (C=O) groups is 1. The highest BCUT2D eigenvalue weighted by atomic mass is 16.5. The number of rotatable bonds is 4. The van der Waals surface area contributed by atoms with E-state index in [2.05, 4.69) is 11.5 Å². The fraction of sp³-hybridized carbons (Fsp3) is 0.526. The molecule has 1 amide bonds. The summed E-state index contributed by atoms with van der Waals surface area (Å²) in [6.07, 6.45) is 9.89. The molecule has 4 rings (SSSR count). The second kappa shape index (κ2) is 6.48. The van der Waals surface area contributed by atoms with Gasteiger partial charge in [-0.05, 0) is 42.9 Å². The highest BCUT2D eigenvalue weighted by Gasteiger charge is 2.40. The minimum absolute atomic E-state index is 0.104. The predicted octanol–water partition coefficient (Wildman–Crippen LogP) is 2.82. The van der Waals surface area contributed by atoms with Crippen molar-refractivity contribution in [2.45, 2.75) is 44.2 Å². The Hall–Kier alpha value is -2.01. The fourth-order valence-electron chi connectivity index (χ4n) is 4.13. The van der Waals surface area contributed by atoms with E-state index in [1.54, 1.807) is 7.11 Å². The average molecular weight is 327 g/mol. The van der Waals surface area contributed by atoms with Crippen LogP contribution in [0.2, 0.25) is 0 Å². The molecule has 2 aliphatic heterocycles. The van der Waals surface area contributed by atoms with Gasteiger partial charge < -0.3 is 14.6 Å². The minimum atomic E-state index is -0.104. The van der Waals surface area contributed by atoms with E-state index in [0.717, 1.165) is 24.3 Å². The Labute approximate surface area is 143 Å². The minimum Gasteiger partial charge on any atom is -0.497 e. The summed E-state index contributed by atoms with van der Waals surface area (Å²) in [5.74, 6) is 1.75. The van der Waals surface area contributed by atoms with Crippen molar-refractivity contribution in [1.82, 2.24) is 15.3 Å². The Bertz CT molecular complexity index is 639. The lowest BCUT2D eigenvalue weighted by molar-refractivity contribution is -0.135. The van der Waals surface area contributed by atoms with Gasteiger partial charge in [-0.2, -0.15) is 0 Å². The first kappa shape index (κ1) is 15.5. The van der Waals surface area contributed by atoms with Gasteiger partial charge in [-0.3, -0.25) is 4.79 Å². The van der Waals surface area contributed by atoms with Crippen LogP contribution in [0.15, 0.2) is 36.7 Å². The summed E-state index contributed by atoms with van der Waals surface area (Å²) in [7, 11) is 1.68. The first-order chi connectivity index (χ1) is 11.7. The topological polar surface area (TPSA) is 44.8 Å². The van der Waals surface area contributed by atoms with Crippen LogP contribution in [0.3, 0.4) is 0 Å². The van der Waals surface area contributed by atoms with Crippen LogP contribution in [0.1, 0.15) is 43.7 Å².